The van der Waals surface area contributed by atoms with Crippen molar-refractivity contribution in [2.45, 2.75) is 25.8 Å². The first-order valence-corrected chi connectivity index (χ1v) is 9.20. The lowest BCUT2D eigenvalue weighted by Gasteiger charge is -2.46. The largest absolute Gasteiger partial charge is 0.399 e. The van der Waals surface area contributed by atoms with Crippen LogP contribution in [0.25, 0.3) is 0 Å². The summed E-state index contributed by atoms with van der Waals surface area (Å²) < 4.78 is 0. The Labute approximate surface area is 164 Å². The number of hydrogen-bond acceptors (Lipinski definition) is 5. The molecule has 3 rings (SSSR count). The van der Waals surface area contributed by atoms with Crippen molar-refractivity contribution in [1.29, 1.82) is 15.8 Å². The van der Waals surface area contributed by atoms with Crippen molar-refractivity contribution in [2.24, 2.45) is 17.1 Å². The van der Waals surface area contributed by atoms with Gasteiger partial charge in [-0.25, -0.2) is 0 Å². The van der Waals surface area contributed by atoms with Gasteiger partial charge < -0.3 is 5.73 Å². The molecule has 0 bridgehead atoms. The fraction of sp³-hybridized carbons (Fsp3) is 0.381. The Morgan fingerprint density at radius 3 is 2.52 bits per heavy atom. The maximum absolute atomic E-state index is 10.0. The summed E-state index contributed by atoms with van der Waals surface area (Å²) in [5, 5.41) is 30.3. The van der Waals surface area contributed by atoms with E-state index in [9.17, 15) is 15.8 Å². The molecule has 0 saturated heterocycles. The Morgan fingerprint density at radius 1 is 1.26 bits per heavy atom. The summed E-state index contributed by atoms with van der Waals surface area (Å²) in [6.45, 7) is 5.56. The number of benzene rings is 1. The second-order valence-corrected chi connectivity index (χ2v) is 7.71. The molecule has 1 aliphatic carbocycles. The van der Waals surface area contributed by atoms with Crippen LogP contribution in [0.3, 0.4) is 0 Å². The molecule has 136 valence electrons. The zero-order valence-electron chi connectivity index (χ0n) is 15.3. The van der Waals surface area contributed by atoms with E-state index < -0.39 is 11.3 Å². The molecule has 2 unspecified atom stereocenters. The monoisotopic (exact) mass is 377 g/mol. The summed E-state index contributed by atoms with van der Waals surface area (Å²) in [4.78, 5) is 2.27. The van der Waals surface area contributed by atoms with E-state index in [4.69, 9.17) is 17.3 Å². The van der Waals surface area contributed by atoms with Gasteiger partial charge in [-0.15, -0.1) is 0 Å². The summed E-state index contributed by atoms with van der Waals surface area (Å²) in [5.74, 6) is -0.697. The van der Waals surface area contributed by atoms with Crippen molar-refractivity contribution >= 4 is 11.6 Å². The molecule has 2 atom stereocenters. The van der Waals surface area contributed by atoms with Crippen LogP contribution in [-0.2, 0) is 0 Å². The van der Waals surface area contributed by atoms with Gasteiger partial charge in [-0.05, 0) is 37.1 Å². The van der Waals surface area contributed by atoms with Crippen molar-refractivity contribution in [3.63, 3.8) is 0 Å². The van der Waals surface area contributed by atoms with Crippen molar-refractivity contribution in [3.05, 3.63) is 57.8 Å². The Bertz CT molecular complexity index is 940. The maximum atomic E-state index is 10.0. The van der Waals surface area contributed by atoms with Crippen LogP contribution in [0.4, 0.5) is 0 Å². The molecule has 0 amide bonds. The van der Waals surface area contributed by atoms with Gasteiger partial charge in [0.15, 0.2) is 5.41 Å². The summed E-state index contributed by atoms with van der Waals surface area (Å²) in [5.41, 5.74) is 6.59. The average molecular weight is 378 g/mol. The summed E-state index contributed by atoms with van der Waals surface area (Å²) in [6, 6.07) is 13.9. The molecule has 0 aromatic heterocycles. The number of hydrogen-bond donors (Lipinski definition) is 1. The van der Waals surface area contributed by atoms with E-state index >= 15 is 0 Å². The number of nitrogens with zero attached hydrogens (tertiary/aromatic N) is 4. The number of fused-ring (bicyclic) bond motifs is 1. The van der Waals surface area contributed by atoms with E-state index in [0.29, 0.717) is 24.2 Å². The second kappa shape index (κ2) is 7.09. The molecule has 2 aliphatic rings. The number of allylic oxidation sites excluding steroid dienone is 2. The molecule has 1 aliphatic heterocycles. The lowest BCUT2D eigenvalue weighted by atomic mass is 9.58. The van der Waals surface area contributed by atoms with E-state index in [1.54, 1.807) is 12.1 Å². The standard InChI is InChI=1S/C21H20ClN5/c1-13(2)27-7-6-16-17(9-23)20(26)21(11-24,12-25)19(18(16)10-27)14-4-3-5-15(22)8-14/h3-6,8,13,18-19H,7,10,26H2,1-2H3. The summed E-state index contributed by atoms with van der Waals surface area (Å²) in [6.07, 6.45) is 2.01. The fourth-order valence-corrected chi connectivity index (χ4v) is 4.40. The Hall–Kier alpha value is -2.78. The highest BCUT2D eigenvalue weighted by Gasteiger charge is 2.54. The summed E-state index contributed by atoms with van der Waals surface area (Å²) in [7, 11) is 0. The Morgan fingerprint density at radius 2 is 1.96 bits per heavy atom. The predicted octanol–water partition coefficient (Wildman–Crippen LogP) is 3.47. The van der Waals surface area contributed by atoms with Crippen LogP contribution in [-0.4, -0.2) is 24.0 Å². The van der Waals surface area contributed by atoms with E-state index in [1.807, 2.05) is 18.2 Å². The maximum Gasteiger partial charge on any atom is 0.191 e. The normalized spacial score (nSPS) is 24.4. The lowest BCUT2D eigenvalue weighted by molar-refractivity contribution is 0.174. The van der Waals surface area contributed by atoms with Crippen LogP contribution in [0.5, 0.6) is 0 Å². The van der Waals surface area contributed by atoms with Gasteiger partial charge >= 0.3 is 0 Å². The molecular formula is C21H20ClN5. The molecule has 5 nitrogen and oxygen atoms in total. The first kappa shape index (κ1) is 19.0. The van der Waals surface area contributed by atoms with Gasteiger partial charge in [0.25, 0.3) is 0 Å². The molecule has 1 heterocycles. The van der Waals surface area contributed by atoms with E-state index in [0.717, 1.165) is 11.1 Å². The van der Waals surface area contributed by atoms with Crippen LogP contribution in [0.2, 0.25) is 5.02 Å². The van der Waals surface area contributed by atoms with Gasteiger partial charge in [-0.3, -0.25) is 4.90 Å². The van der Waals surface area contributed by atoms with Gasteiger partial charge in [-0.2, -0.15) is 15.8 Å². The quantitative estimate of drug-likeness (QED) is 0.850. The van der Waals surface area contributed by atoms with Gasteiger partial charge in [0, 0.05) is 36.0 Å². The minimum atomic E-state index is -1.61. The minimum Gasteiger partial charge on any atom is -0.399 e. The molecule has 0 radical (unpaired) electrons. The molecule has 6 heteroatoms. The third kappa shape index (κ3) is 2.88. The first-order valence-electron chi connectivity index (χ1n) is 8.82. The van der Waals surface area contributed by atoms with Crippen molar-refractivity contribution in [3.8, 4) is 18.2 Å². The number of nitriles is 3. The van der Waals surface area contributed by atoms with E-state index in [1.165, 1.54) is 0 Å². The fourth-order valence-electron chi connectivity index (χ4n) is 4.20. The van der Waals surface area contributed by atoms with Crippen LogP contribution < -0.4 is 5.73 Å². The smallest absolute Gasteiger partial charge is 0.191 e. The van der Waals surface area contributed by atoms with Gasteiger partial charge in [0.2, 0.25) is 0 Å². The van der Waals surface area contributed by atoms with Gasteiger partial charge in [-0.1, -0.05) is 29.8 Å². The third-order valence-corrected chi connectivity index (χ3v) is 5.87. The molecule has 27 heavy (non-hydrogen) atoms. The Kier molecular flexibility index (Phi) is 4.99. The van der Waals surface area contributed by atoms with E-state index in [2.05, 4.69) is 37.0 Å². The first-order chi connectivity index (χ1) is 12.9. The highest BCUT2D eigenvalue weighted by molar-refractivity contribution is 6.30. The number of nitrogens with two attached hydrogens (primary N) is 1. The SMILES string of the molecule is CC(C)N1CC=C2C(C#N)=C(N)C(C#N)(C#N)C(c3cccc(Cl)c3)C2C1. The third-order valence-electron chi connectivity index (χ3n) is 5.63. The molecule has 1 aromatic rings. The molecule has 0 spiro atoms. The van der Waals surface area contributed by atoms with Crippen LogP contribution >= 0.6 is 11.6 Å². The number of halogens is 1. The van der Waals surface area contributed by atoms with Crippen molar-refractivity contribution in [2.75, 3.05) is 13.1 Å². The average Bonchev–Trinajstić information content (AvgIpc) is 2.66. The molecule has 2 N–H and O–H groups in total. The molecule has 0 fully saturated rings. The van der Waals surface area contributed by atoms with Crippen molar-refractivity contribution < 1.29 is 0 Å². The predicted molar refractivity (Wildman–Crippen MR) is 103 cm³/mol. The molecular weight excluding hydrogens is 358 g/mol. The summed E-state index contributed by atoms with van der Waals surface area (Å²) >= 11 is 6.20. The van der Waals surface area contributed by atoms with Crippen LogP contribution in [0.15, 0.2) is 47.2 Å². The van der Waals surface area contributed by atoms with Gasteiger partial charge in [0.05, 0.1) is 23.4 Å². The van der Waals surface area contributed by atoms with Gasteiger partial charge in [0.1, 0.15) is 6.07 Å². The molecule has 1 aromatic carbocycles. The second-order valence-electron chi connectivity index (χ2n) is 7.28. The zero-order chi connectivity index (χ0) is 19.8. The Balaban J connectivity index is 2.31. The highest BCUT2D eigenvalue weighted by atomic mass is 35.5. The van der Waals surface area contributed by atoms with Crippen LogP contribution in [0.1, 0.15) is 25.3 Å². The zero-order valence-corrected chi connectivity index (χ0v) is 16.0. The van der Waals surface area contributed by atoms with Crippen molar-refractivity contribution in [1.82, 2.24) is 4.90 Å². The van der Waals surface area contributed by atoms with Crippen LogP contribution in [0, 0.1) is 45.3 Å². The highest BCUT2D eigenvalue weighted by Crippen LogP contribution is 2.54. The lowest BCUT2D eigenvalue weighted by Crippen LogP contribution is -2.49. The number of rotatable bonds is 2. The van der Waals surface area contributed by atoms with E-state index in [-0.39, 0.29) is 17.2 Å². The minimum absolute atomic E-state index is 0.0421. The molecule has 0 saturated carbocycles. The topological polar surface area (TPSA) is 101 Å².